The summed E-state index contributed by atoms with van der Waals surface area (Å²) in [6.45, 7) is 2.63. The first-order chi connectivity index (χ1) is 11.0. The van der Waals surface area contributed by atoms with E-state index in [-0.39, 0.29) is 28.8 Å². The molecule has 2 heterocycles. The number of nitrogens with one attached hydrogen (secondary N) is 1. The second-order valence-corrected chi connectivity index (χ2v) is 5.92. The van der Waals surface area contributed by atoms with Gasteiger partial charge in [-0.05, 0) is 54.8 Å². The van der Waals surface area contributed by atoms with Crippen LogP contribution in [0.25, 0.3) is 0 Å². The summed E-state index contributed by atoms with van der Waals surface area (Å²) in [4.78, 5) is 25.7. The zero-order chi connectivity index (χ0) is 16.4. The van der Waals surface area contributed by atoms with Crippen molar-refractivity contribution in [1.82, 2.24) is 5.32 Å². The van der Waals surface area contributed by atoms with E-state index in [2.05, 4.69) is 5.32 Å². The maximum atomic E-state index is 12.1. The Morgan fingerprint density at radius 2 is 2.17 bits per heavy atom. The van der Waals surface area contributed by atoms with Crippen LogP contribution >= 0.6 is 11.6 Å². The van der Waals surface area contributed by atoms with Crippen molar-refractivity contribution in [2.45, 2.75) is 25.8 Å². The molecule has 5 nitrogen and oxygen atoms in total. The Labute approximate surface area is 139 Å². The van der Waals surface area contributed by atoms with Gasteiger partial charge in [-0.25, -0.2) is 0 Å². The van der Waals surface area contributed by atoms with Gasteiger partial charge in [0.15, 0.2) is 11.0 Å². The Morgan fingerprint density at radius 3 is 2.83 bits per heavy atom. The highest BCUT2D eigenvalue weighted by molar-refractivity contribution is 6.29. The lowest BCUT2D eigenvalue weighted by Crippen LogP contribution is -2.27. The van der Waals surface area contributed by atoms with E-state index in [1.807, 2.05) is 31.2 Å². The molecule has 1 aliphatic rings. The van der Waals surface area contributed by atoms with Crippen molar-refractivity contribution in [3.8, 4) is 0 Å². The first kappa shape index (κ1) is 15.6. The van der Waals surface area contributed by atoms with Crippen molar-refractivity contribution < 1.29 is 14.0 Å². The molecule has 2 aromatic rings. The number of carbonyl (C=O) groups is 2. The molecule has 0 radical (unpaired) electrons. The van der Waals surface area contributed by atoms with Crippen molar-refractivity contribution in [3.05, 3.63) is 52.9 Å². The molecule has 1 aromatic heterocycles. The summed E-state index contributed by atoms with van der Waals surface area (Å²) in [5.74, 6) is -0.0103. The first-order valence-electron chi connectivity index (χ1n) is 7.51. The van der Waals surface area contributed by atoms with Gasteiger partial charge in [-0.1, -0.05) is 12.1 Å². The number of carbonyl (C=O) groups excluding carboxylic acids is 2. The van der Waals surface area contributed by atoms with Crippen molar-refractivity contribution >= 4 is 29.1 Å². The third kappa shape index (κ3) is 3.40. The molecule has 1 N–H and O–H groups in total. The van der Waals surface area contributed by atoms with E-state index in [0.29, 0.717) is 6.42 Å². The molecular weight excluding hydrogens is 316 g/mol. The van der Waals surface area contributed by atoms with Crippen LogP contribution in [0.4, 0.5) is 5.69 Å². The molecule has 1 unspecified atom stereocenters. The lowest BCUT2D eigenvalue weighted by Gasteiger charge is -2.19. The molecule has 0 aliphatic carbocycles. The summed E-state index contributed by atoms with van der Waals surface area (Å²) in [7, 11) is 0. The number of anilines is 1. The van der Waals surface area contributed by atoms with Gasteiger partial charge in [-0.2, -0.15) is 0 Å². The van der Waals surface area contributed by atoms with Crippen LogP contribution in [0.15, 0.2) is 40.8 Å². The molecular formula is C17H17ClN2O3. The number of hydrogen-bond acceptors (Lipinski definition) is 3. The second-order valence-electron chi connectivity index (χ2n) is 5.54. The van der Waals surface area contributed by atoms with E-state index in [1.165, 1.54) is 12.1 Å². The van der Waals surface area contributed by atoms with Gasteiger partial charge in [0.25, 0.3) is 5.91 Å². The first-order valence-corrected chi connectivity index (χ1v) is 7.89. The Hall–Kier alpha value is -2.27. The predicted octanol–water partition coefficient (Wildman–Crippen LogP) is 3.55. The fraction of sp³-hybridized carbons (Fsp3) is 0.294. The fourth-order valence-electron chi connectivity index (χ4n) is 2.67. The summed E-state index contributed by atoms with van der Waals surface area (Å²) in [6.07, 6.45) is 1.48. The van der Waals surface area contributed by atoms with Crippen molar-refractivity contribution in [2.24, 2.45) is 0 Å². The number of amides is 2. The summed E-state index contributed by atoms with van der Waals surface area (Å²) in [6, 6.07) is 10.5. The van der Waals surface area contributed by atoms with Gasteiger partial charge in [0.1, 0.15) is 0 Å². The molecule has 1 fully saturated rings. The van der Waals surface area contributed by atoms with Crippen LogP contribution in [-0.2, 0) is 4.79 Å². The Balaban J connectivity index is 1.73. The molecule has 23 heavy (non-hydrogen) atoms. The average molecular weight is 333 g/mol. The highest BCUT2D eigenvalue weighted by atomic mass is 35.5. The number of hydrogen-bond donors (Lipinski definition) is 1. The predicted molar refractivity (Wildman–Crippen MR) is 87.6 cm³/mol. The zero-order valence-electron chi connectivity index (χ0n) is 12.7. The monoisotopic (exact) mass is 332 g/mol. The van der Waals surface area contributed by atoms with E-state index < -0.39 is 0 Å². The van der Waals surface area contributed by atoms with Gasteiger partial charge >= 0.3 is 0 Å². The van der Waals surface area contributed by atoms with Crippen LogP contribution < -0.4 is 10.2 Å². The molecule has 1 atom stereocenters. The molecule has 3 rings (SSSR count). The number of halogens is 1. The molecule has 6 heteroatoms. The SMILES string of the molecule is CC(NC(=O)c1ccc(Cl)o1)c1cccc(N2CCCC2=O)c1. The quantitative estimate of drug-likeness (QED) is 0.931. The highest BCUT2D eigenvalue weighted by Crippen LogP contribution is 2.25. The van der Waals surface area contributed by atoms with Crippen molar-refractivity contribution in [2.75, 3.05) is 11.4 Å². The van der Waals surface area contributed by atoms with Gasteiger partial charge in [0.05, 0.1) is 6.04 Å². The Bertz CT molecular complexity index is 741. The number of rotatable bonds is 4. The van der Waals surface area contributed by atoms with Gasteiger partial charge in [-0.15, -0.1) is 0 Å². The van der Waals surface area contributed by atoms with Crippen LogP contribution in [0.5, 0.6) is 0 Å². The lowest BCUT2D eigenvalue weighted by atomic mass is 10.1. The van der Waals surface area contributed by atoms with E-state index in [4.69, 9.17) is 16.0 Å². The van der Waals surface area contributed by atoms with Crippen molar-refractivity contribution in [1.29, 1.82) is 0 Å². The van der Waals surface area contributed by atoms with Gasteiger partial charge in [0.2, 0.25) is 5.91 Å². The standard InChI is InChI=1S/C17H17ClN2O3/c1-11(19-17(22)14-7-8-15(18)23-14)12-4-2-5-13(10-12)20-9-3-6-16(20)21/h2,4-5,7-8,10-11H,3,6,9H2,1H3,(H,19,22). The largest absolute Gasteiger partial charge is 0.440 e. The van der Waals surface area contributed by atoms with Gasteiger partial charge in [0, 0.05) is 18.7 Å². The maximum Gasteiger partial charge on any atom is 0.287 e. The van der Waals surface area contributed by atoms with Crippen LogP contribution in [0.3, 0.4) is 0 Å². The Morgan fingerprint density at radius 1 is 1.35 bits per heavy atom. The van der Waals surface area contributed by atoms with E-state index in [1.54, 1.807) is 4.90 Å². The normalized spacial score (nSPS) is 15.7. The number of benzene rings is 1. The van der Waals surface area contributed by atoms with Crippen LogP contribution in [0.2, 0.25) is 5.22 Å². The highest BCUT2D eigenvalue weighted by Gasteiger charge is 2.22. The number of furan rings is 1. The topological polar surface area (TPSA) is 62.6 Å². The average Bonchev–Trinajstić information content (AvgIpc) is 3.16. The van der Waals surface area contributed by atoms with Crippen LogP contribution in [0, 0.1) is 0 Å². The van der Waals surface area contributed by atoms with E-state index >= 15 is 0 Å². The third-order valence-electron chi connectivity index (χ3n) is 3.90. The molecule has 0 spiro atoms. The molecule has 2 amide bonds. The van der Waals surface area contributed by atoms with Crippen LogP contribution in [0.1, 0.15) is 41.9 Å². The lowest BCUT2D eigenvalue weighted by molar-refractivity contribution is -0.117. The minimum Gasteiger partial charge on any atom is -0.440 e. The molecule has 0 saturated carbocycles. The van der Waals surface area contributed by atoms with Gasteiger partial charge < -0.3 is 14.6 Å². The zero-order valence-corrected chi connectivity index (χ0v) is 13.5. The molecule has 0 bridgehead atoms. The maximum absolute atomic E-state index is 12.1. The van der Waals surface area contributed by atoms with Crippen LogP contribution in [-0.4, -0.2) is 18.4 Å². The third-order valence-corrected chi connectivity index (χ3v) is 4.10. The second kappa shape index (κ2) is 6.46. The molecule has 1 aromatic carbocycles. The summed E-state index contributed by atoms with van der Waals surface area (Å²) >= 11 is 5.68. The summed E-state index contributed by atoms with van der Waals surface area (Å²) in [5.41, 5.74) is 1.79. The molecule has 120 valence electrons. The van der Waals surface area contributed by atoms with Crippen molar-refractivity contribution in [3.63, 3.8) is 0 Å². The summed E-state index contributed by atoms with van der Waals surface area (Å²) in [5, 5.41) is 3.04. The molecule has 1 aliphatic heterocycles. The number of nitrogens with zero attached hydrogens (tertiary/aromatic N) is 1. The fourth-order valence-corrected chi connectivity index (χ4v) is 2.82. The Kier molecular flexibility index (Phi) is 4.39. The summed E-state index contributed by atoms with van der Waals surface area (Å²) < 4.78 is 5.10. The minimum absolute atomic E-state index is 0.143. The smallest absolute Gasteiger partial charge is 0.287 e. The van der Waals surface area contributed by atoms with E-state index in [0.717, 1.165) is 24.2 Å². The van der Waals surface area contributed by atoms with E-state index in [9.17, 15) is 9.59 Å². The molecule has 1 saturated heterocycles. The minimum atomic E-state index is -0.327. The van der Waals surface area contributed by atoms with Gasteiger partial charge in [-0.3, -0.25) is 9.59 Å².